The molecule has 1 aliphatic heterocycles. The van der Waals surface area contributed by atoms with Crippen LogP contribution in [-0.4, -0.2) is 47.1 Å². The van der Waals surface area contributed by atoms with Gasteiger partial charge in [0.15, 0.2) is 11.6 Å². The first-order chi connectivity index (χ1) is 14.2. The van der Waals surface area contributed by atoms with E-state index < -0.39 is 0 Å². The molecule has 0 radical (unpaired) electrons. The van der Waals surface area contributed by atoms with Crippen LogP contribution < -0.4 is 10.2 Å². The average Bonchev–Trinajstić information content (AvgIpc) is 3.54. The van der Waals surface area contributed by atoms with E-state index >= 15 is 0 Å². The molecule has 0 atom stereocenters. The molecule has 1 saturated heterocycles. The van der Waals surface area contributed by atoms with E-state index in [1.54, 1.807) is 0 Å². The van der Waals surface area contributed by atoms with Gasteiger partial charge in [-0.1, -0.05) is 35.9 Å². The minimum absolute atomic E-state index is 0.565. The van der Waals surface area contributed by atoms with Gasteiger partial charge in [-0.05, 0) is 49.9 Å². The van der Waals surface area contributed by atoms with Crippen LogP contribution in [0, 0.1) is 13.8 Å². The van der Waals surface area contributed by atoms with Gasteiger partial charge in [-0.3, -0.25) is 4.90 Å². The Morgan fingerprint density at radius 3 is 2.34 bits per heavy atom. The fraction of sp³-hybridized carbons (Fsp3) is 0.417. The standard InChI is InChI=1S/C24H29N5/c1-17-7-8-19(18(2)15-17)16-28-11-13-29(14-12-28)24-23(25-20-9-10-20)26-21-5-3-4-6-22(21)27-24/h3-8,15,20H,9-14,16H2,1-2H3,(H,25,26). The zero-order valence-corrected chi connectivity index (χ0v) is 17.4. The summed E-state index contributed by atoms with van der Waals surface area (Å²) in [6, 6.07) is 15.5. The van der Waals surface area contributed by atoms with Crippen molar-refractivity contribution in [2.75, 3.05) is 36.4 Å². The van der Waals surface area contributed by atoms with Crippen LogP contribution in [0.25, 0.3) is 11.0 Å². The largest absolute Gasteiger partial charge is 0.364 e. The Bertz CT molecular complexity index is 1020. The highest BCUT2D eigenvalue weighted by atomic mass is 15.3. The molecule has 2 aromatic carbocycles. The number of hydrogen-bond acceptors (Lipinski definition) is 5. The molecule has 150 valence electrons. The van der Waals surface area contributed by atoms with E-state index in [1.807, 2.05) is 18.2 Å². The normalized spacial score (nSPS) is 17.7. The van der Waals surface area contributed by atoms with Gasteiger partial charge in [0, 0.05) is 38.8 Å². The van der Waals surface area contributed by atoms with Gasteiger partial charge in [0.1, 0.15) is 0 Å². The molecule has 5 heteroatoms. The Hall–Kier alpha value is -2.66. The van der Waals surface area contributed by atoms with Crippen LogP contribution in [0.5, 0.6) is 0 Å². The van der Waals surface area contributed by atoms with E-state index in [0.29, 0.717) is 6.04 Å². The molecule has 29 heavy (non-hydrogen) atoms. The smallest absolute Gasteiger partial charge is 0.172 e. The molecule has 0 bridgehead atoms. The molecule has 0 unspecified atom stereocenters. The second-order valence-electron chi connectivity index (χ2n) is 8.50. The number of fused-ring (bicyclic) bond motifs is 1. The van der Waals surface area contributed by atoms with E-state index in [-0.39, 0.29) is 0 Å². The topological polar surface area (TPSA) is 44.3 Å². The number of piperazine rings is 1. The molecule has 3 aromatic rings. The van der Waals surface area contributed by atoms with Gasteiger partial charge in [0.2, 0.25) is 0 Å². The van der Waals surface area contributed by atoms with Gasteiger partial charge in [-0.15, -0.1) is 0 Å². The first-order valence-electron chi connectivity index (χ1n) is 10.7. The molecule has 1 aromatic heterocycles. The lowest BCUT2D eigenvalue weighted by Gasteiger charge is -2.36. The van der Waals surface area contributed by atoms with E-state index in [4.69, 9.17) is 9.97 Å². The van der Waals surface area contributed by atoms with Crippen LogP contribution >= 0.6 is 0 Å². The van der Waals surface area contributed by atoms with Crippen LogP contribution in [0.15, 0.2) is 42.5 Å². The Balaban J connectivity index is 1.32. The number of para-hydroxylation sites is 2. The Labute approximate surface area is 172 Å². The van der Waals surface area contributed by atoms with Gasteiger partial charge >= 0.3 is 0 Å². The summed E-state index contributed by atoms with van der Waals surface area (Å²) in [7, 11) is 0. The lowest BCUT2D eigenvalue weighted by molar-refractivity contribution is 0.249. The highest BCUT2D eigenvalue weighted by molar-refractivity contribution is 5.80. The Kier molecular flexibility index (Phi) is 4.84. The van der Waals surface area contributed by atoms with Crippen LogP contribution in [0.4, 0.5) is 11.6 Å². The third-order valence-electron chi connectivity index (χ3n) is 6.03. The molecular weight excluding hydrogens is 358 g/mol. The molecule has 1 aliphatic carbocycles. The van der Waals surface area contributed by atoms with Gasteiger partial charge in [0.25, 0.3) is 0 Å². The van der Waals surface area contributed by atoms with Gasteiger partial charge in [-0.25, -0.2) is 9.97 Å². The molecule has 2 heterocycles. The number of nitrogens with zero attached hydrogens (tertiary/aromatic N) is 4. The second kappa shape index (κ2) is 7.64. The second-order valence-corrected chi connectivity index (χ2v) is 8.50. The minimum atomic E-state index is 0.565. The summed E-state index contributed by atoms with van der Waals surface area (Å²) in [6.45, 7) is 9.47. The van der Waals surface area contributed by atoms with Gasteiger partial charge in [-0.2, -0.15) is 0 Å². The fourth-order valence-corrected chi connectivity index (χ4v) is 4.11. The van der Waals surface area contributed by atoms with Gasteiger partial charge in [0.05, 0.1) is 11.0 Å². The SMILES string of the molecule is Cc1ccc(CN2CCN(c3nc4ccccc4nc3NC3CC3)CC2)c(C)c1. The third kappa shape index (κ3) is 4.06. The van der Waals surface area contributed by atoms with Crippen LogP contribution in [0.3, 0.4) is 0 Å². The maximum atomic E-state index is 4.99. The molecule has 0 amide bonds. The number of hydrogen-bond donors (Lipinski definition) is 1. The van der Waals surface area contributed by atoms with E-state index in [1.165, 1.54) is 29.5 Å². The summed E-state index contributed by atoms with van der Waals surface area (Å²) >= 11 is 0. The zero-order chi connectivity index (χ0) is 19.8. The van der Waals surface area contributed by atoms with E-state index in [2.05, 4.69) is 53.2 Å². The molecular formula is C24H29N5. The lowest BCUT2D eigenvalue weighted by Crippen LogP contribution is -2.46. The summed E-state index contributed by atoms with van der Waals surface area (Å²) in [5, 5.41) is 3.61. The number of rotatable bonds is 5. The van der Waals surface area contributed by atoms with Crippen LogP contribution in [-0.2, 0) is 6.54 Å². The number of aryl methyl sites for hydroxylation is 2. The molecule has 2 aliphatic rings. The number of nitrogens with one attached hydrogen (secondary N) is 1. The lowest BCUT2D eigenvalue weighted by atomic mass is 10.1. The maximum Gasteiger partial charge on any atom is 0.172 e. The first-order valence-corrected chi connectivity index (χ1v) is 10.7. The van der Waals surface area contributed by atoms with Crippen molar-refractivity contribution in [3.8, 4) is 0 Å². The predicted molar refractivity (Wildman–Crippen MR) is 120 cm³/mol. The van der Waals surface area contributed by atoms with Crippen LogP contribution in [0.1, 0.15) is 29.5 Å². The maximum absolute atomic E-state index is 4.99. The number of anilines is 2. The number of aromatic nitrogens is 2. The van der Waals surface area contributed by atoms with Crippen molar-refractivity contribution >= 4 is 22.7 Å². The Morgan fingerprint density at radius 2 is 1.66 bits per heavy atom. The van der Waals surface area contributed by atoms with Crippen molar-refractivity contribution in [1.82, 2.24) is 14.9 Å². The Morgan fingerprint density at radius 1 is 0.931 bits per heavy atom. The summed E-state index contributed by atoms with van der Waals surface area (Å²) in [5.74, 6) is 1.97. The molecule has 5 nitrogen and oxygen atoms in total. The molecule has 5 rings (SSSR count). The monoisotopic (exact) mass is 387 g/mol. The van der Waals surface area contributed by atoms with Crippen molar-refractivity contribution in [2.45, 2.75) is 39.3 Å². The van der Waals surface area contributed by atoms with Crippen molar-refractivity contribution in [1.29, 1.82) is 0 Å². The molecule has 1 N–H and O–H groups in total. The summed E-state index contributed by atoms with van der Waals surface area (Å²) in [5.41, 5.74) is 6.10. The van der Waals surface area contributed by atoms with Crippen molar-refractivity contribution in [3.05, 3.63) is 59.2 Å². The summed E-state index contributed by atoms with van der Waals surface area (Å²) < 4.78 is 0. The highest BCUT2D eigenvalue weighted by Gasteiger charge is 2.26. The van der Waals surface area contributed by atoms with Crippen LogP contribution in [0.2, 0.25) is 0 Å². The summed E-state index contributed by atoms with van der Waals surface area (Å²) in [6.07, 6.45) is 2.47. The fourth-order valence-electron chi connectivity index (χ4n) is 4.11. The number of benzene rings is 2. The van der Waals surface area contributed by atoms with Crippen molar-refractivity contribution in [3.63, 3.8) is 0 Å². The van der Waals surface area contributed by atoms with E-state index in [9.17, 15) is 0 Å². The highest BCUT2D eigenvalue weighted by Crippen LogP contribution is 2.31. The average molecular weight is 388 g/mol. The first kappa shape index (κ1) is 18.4. The zero-order valence-electron chi connectivity index (χ0n) is 17.4. The van der Waals surface area contributed by atoms with Crippen molar-refractivity contribution in [2.24, 2.45) is 0 Å². The van der Waals surface area contributed by atoms with Crippen molar-refractivity contribution < 1.29 is 0 Å². The molecule has 1 saturated carbocycles. The van der Waals surface area contributed by atoms with Gasteiger partial charge < -0.3 is 10.2 Å². The predicted octanol–water partition coefficient (Wildman–Crippen LogP) is 4.14. The quantitative estimate of drug-likeness (QED) is 0.713. The molecule has 2 fully saturated rings. The summed E-state index contributed by atoms with van der Waals surface area (Å²) in [4.78, 5) is 14.9. The molecule has 0 spiro atoms. The van der Waals surface area contributed by atoms with E-state index in [0.717, 1.165) is 55.4 Å². The minimum Gasteiger partial charge on any atom is -0.364 e. The third-order valence-corrected chi connectivity index (χ3v) is 6.03.